The summed E-state index contributed by atoms with van der Waals surface area (Å²) in [6, 6.07) is 17.5. The lowest BCUT2D eigenvalue weighted by Crippen LogP contribution is -2.31. The van der Waals surface area contributed by atoms with Crippen LogP contribution in [0.25, 0.3) is 0 Å². The molecule has 2 aromatic rings. The van der Waals surface area contributed by atoms with Gasteiger partial charge < -0.3 is 9.80 Å². The van der Waals surface area contributed by atoms with Gasteiger partial charge in [0, 0.05) is 25.3 Å². The number of hydrogen-bond donors (Lipinski definition) is 2. The van der Waals surface area contributed by atoms with E-state index in [0.29, 0.717) is 0 Å². The molecule has 0 aliphatic carbocycles. The molecule has 2 rings (SSSR count). The summed E-state index contributed by atoms with van der Waals surface area (Å²) in [5.74, 6) is -0.962. The Labute approximate surface area is 149 Å². The molecule has 0 radical (unpaired) electrons. The van der Waals surface area contributed by atoms with Crippen LogP contribution < -0.4 is 10.4 Å². The second kappa shape index (κ2) is 9.20. The van der Waals surface area contributed by atoms with Crippen LogP contribution in [0.5, 0.6) is 0 Å². The predicted molar refractivity (Wildman–Crippen MR) is 101 cm³/mol. The number of carbonyl (C=O) groups excluding carboxylic acids is 1. The Morgan fingerprint density at radius 2 is 1.60 bits per heavy atom. The number of hydrogen-bond acceptors (Lipinski definition) is 4. The molecule has 0 fully saturated rings. The molecule has 2 aromatic carbocycles. The summed E-state index contributed by atoms with van der Waals surface area (Å²) in [7, 11) is 4.13. The molecule has 0 aliphatic heterocycles. The minimum absolute atomic E-state index is 0.432. The zero-order valence-electron chi connectivity index (χ0n) is 15.1. The van der Waals surface area contributed by atoms with Crippen LogP contribution in [0.1, 0.15) is 24.0 Å². The van der Waals surface area contributed by atoms with Crippen molar-refractivity contribution in [2.75, 3.05) is 38.6 Å². The van der Waals surface area contributed by atoms with Crippen molar-refractivity contribution in [2.45, 2.75) is 12.8 Å². The SMILES string of the molecule is CCN(CCN(C)C)c1ccc(C(C(=O)NO)c2ccccc2)cc1. The largest absolute Gasteiger partial charge is 0.371 e. The van der Waals surface area contributed by atoms with Crippen molar-refractivity contribution in [1.82, 2.24) is 10.4 Å². The summed E-state index contributed by atoms with van der Waals surface area (Å²) in [5, 5.41) is 9.12. The van der Waals surface area contributed by atoms with Gasteiger partial charge in [0.2, 0.25) is 0 Å². The number of anilines is 1. The Morgan fingerprint density at radius 3 is 2.12 bits per heavy atom. The fraction of sp³-hybridized carbons (Fsp3) is 0.350. The Morgan fingerprint density at radius 1 is 1.00 bits per heavy atom. The van der Waals surface area contributed by atoms with E-state index in [2.05, 4.69) is 30.8 Å². The normalized spacial score (nSPS) is 12.0. The molecule has 0 saturated heterocycles. The highest BCUT2D eigenvalue weighted by atomic mass is 16.5. The number of benzene rings is 2. The van der Waals surface area contributed by atoms with Gasteiger partial charge in [0.1, 0.15) is 0 Å². The van der Waals surface area contributed by atoms with E-state index in [4.69, 9.17) is 5.21 Å². The highest BCUT2D eigenvalue weighted by Gasteiger charge is 2.22. The summed E-state index contributed by atoms with van der Waals surface area (Å²) in [5.41, 5.74) is 4.62. The number of amides is 1. The third-order valence-corrected chi connectivity index (χ3v) is 4.30. The van der Waals surface area contributed by atoms with Crippen molar-refractivity contribution in [2.24, 2.45) is 0 Å². The maximum atomic E-state index is 12.2. The van der Waals surface area contributed by atoms with E-state index in [1.54, 1.807) is 5.48 Å². The summed E-state index contributed by atoms with van der Waals surface area (Å²) in [6.07, 6.45) is 0. The molecular formula is C20H27N3O2. The standard InChI is InChI=1S/C20H27N3O2/c1-4-23(15-14-22(2)3)18-12-10-17(11-13-18)19(20(24)21-25)16-8-6-5-7-9-16/h5-13,19,25H,4,14-15H2,1-3H3,(H,21,24). The van der Waals surface area contributed by atoms with Crippen LogP contribution in [-0.4, -0.2) is 49.7 Å². The first-order valence-corrected chi connectivity index (χ1v) is 8.55. The van der Waals surface area contributed by atoms with Gasteiger partial charge in [-0.15, -0.1) is 0 Å². The lowest BCUT2D eigenvalue weighted by atomic mass is 9.90. The van der Waals surface area contributed by atoms with Gasteiger partial charge in [-0.3, -0.25) is 10.0 Å². The quantitative estimate of drug-likeness (QED) is 0.573. The Kier molecular flexibility index (Phi) is 6.98. The van der Waals surface area contributed by atoms with E-state index in [9.17, 15) is 4.79 Å². The van der Waals surface area contributed by atoms with Crippen LogP contribution in [0.3, 0.4) is 0 Å². The van der Waals surface area contributed by atoms with E-state index < -0.39 is 11.8 Å². The molecule has 1 unspecified atom stereocenters. The smallest absolute Gasteiger partial charge is 0.255 e. The lowest BCUT2D eigenvalue weighted by molar-refractivity contribution is -0.129. The lowest BCUT2D eigenvalue weighted by Gasteiger charge is -2.25. The fourth-order valence-electron chi connectivity index (χ4n) is 2.87. The Balaban J connectivity index is 2.24. The van der Waals surface area contributed by atoms with E-state index in [0.717, 1.165) is 36.4 Å². The summed E-state index contributed by atoms with van der Waals surface area (Å²) >= 11 is 0. The van der Waals surface area contributed by atoms with Gasteiger partial charge in [-0.2, -0.15) is 0 Å². The molecule has 0 aliphatic rings. The molecule has 0 spiro atoms. The van der Waals surface area contributed by atoms with E-state index in [-0.39, 0.29) is 0 Å². The second-order valence-electron chi connectivity index (χ2n) is 6.29. The molecule has 134 valence electrons. The van der Waals surface area contributed by atoms with Crippen molar-refractivity contribution in [3.8, 4) is 0 Å². The Bertz CT molecular complexity index is 656. The number of hydroxylamine groups is 1. The maximum absolute atomic E-state index is 12.2. The van der Waals surface area contributed by atoms with Gasteiger partial charge in [0.25, 0.3) is 5.91 Å². The zero-order valence-corrected chi connectivity index (χ0v) is 15.1. The molecule has 0 saturated carbocycles. The minimum Gasteiger partial charge on any atom is -0.371 e. The van der Waals surface area contributed by atoms with Crippen molar-refractivity contribution in [1.29, 1.82) is 0 Å². The first-order chi connectivity index (χ1) is 12.1. The number of rotatable bonds is 8. The Hall–Kier alpha value is -2.37. The average Bonchev–Trinajstić information content (AvgIpc) is 2.64. The van der Waals surface area contributed by atoms with Crippen LogP contribution in [0.2, 0.25) is 0 Å². The highest BCUT2D eigenvalue weighted by molar-refractivity contribution is 5.86. The molecular weight excluding hydrogens is 314 g/mol. The van der Waals surface area contributed by atoms with Crippen LogP contribution in [-0.2, 0) is 4.79 Å². The van der Waals surface area contributed by atoms with Gasteiger partial charge in [0.15, 0.2) is 0 Å². The number of nitrogens with one attached hydrogen (secondary N) is 1. The zero-order chi connectivity index (χ0) is 18.2. The van der Waals surface area contributed by atoms with Crippen molar-refractivity contribution >= 4 is 11.6 Å². The maximum Gasteiger partial charge on any atom is 0.255 e. The first kappa shape index (κ1) is 19.0. The molecule has 25 heavy (non-hydrogen) atoms. The van der Waals surface area contributed by atoms with Gasteiger partial charge in [-0.05, 0) is 44.3 Å². The number of carbonyl (C=O) groups is 1. The third-order valence-electron chi connectivity index (χ3n) is 4.30. The molecule has 5 nitrogen and oxygen atoms in total. The predicted octanol–water partition coefficient (Wildman–Crippen LogP) is 2.71. The molecule has 0 bridgehead atoms. The summed E-state index contributed by atoms with van der Waals surface area (Å²) in [6.45, 7) is 4.99. The fourth-order valence-corrected chi connectivity index (χ4v) is 2.87. The molecule has 1 atom stereocenters. The molecule has 1 amide bonds. The molecule has 0 heterocycles. The van der Waals surface area contributed by atoms with Gasteiger partial charge >= 0.3 is 0 Å². The van der Waals surface area contributed by atoms with Crippen molar-refractivity contribution < 1.29 is 10.0 Å². The topological polar surface area (TPSA) is 55.8 Å². The van der Waals surface area contributed by atoms with E-state index in [1.165, 1.54) is 0 Å². The highest BCUT2D eigenvalue weighted by Crippen LogP contribution is 2.27. The third kappa shape index (κ3) is 5.05. The van der Waals surface area contributed by atoms with Crippen LogP contribution in [0, 0.1) is 0 Å². The summed E-state index contributed by atoms with van der Waals surface area (Å²) in [4.78, 5) is 16.6. The van der Waals surface area contributed by atoms with Gasteiger partial charge in [0.05, 0.1) is 5.92 Å². The second-order valence-corrected chi connectivity index (χ2v) is 6.29. The van der Waals surface area contributed by atoms with Crippen LogP contribution in [0.15, 0.2) is 54.6 Å². The first-order valence-electron chi connectivity index (χ1n) is 8.55. The monoisotopic (exact) mass is 341 g/mol. The molecule has 2 N–H and O–H groups in total. The van der Waals surface area contributed by atoms with Crippen molar-refractivity contribution in [3.05, 3.63) is 65.7 Å². The van der Waals surface area contributed by atoms with Crippen molar-refractivity contribution in [3.63, 3.8) is 0 Å². The summed E-state index contributed by atoms with van der Waals surface area (Å²) < 4.78 is 0. The minimum atomic E-state index is -0.530. The molecule has 5 heteroatoms. The van der Waals surface area contributed by atoms with Gasteiger partial charge in [-0.1, -0.05) is 42.5 Å². The molecule has 0 aromatic heterocycles. The number of nitrogens with zero attached hydrogens (tertiary/aromatic N) is 2. The van der Waals surface area contributed by atoms with Gasteiger partial charge in [-0.25, -0.2) is 5.48 Å². The number of likely N-dealkylation sites (N-methyl/N-ethyl adjacent to an activating group) is 2. The van der Waals surface area contributed by atoms with E-state index in [1.807, 2.05) is 54.6 Å². The van der Waals surface area contributed by atoms with E-state index >= 15 is 0 Å². The van der Waals surface area contributed by atoms with Crippen LogP contribution >= 0.6 is 0 Å². The van der Waals surface area contributed by atoms with Crippen LogP contribution in [0.4, 0.5) is 5.69 Å². The average molecular weight is 341 g/mol.